The van der Waals surface area contributed by atoms with Crippen LogP contribution < -0.4 is 19.7 Å². The molecule has 2 amide bonds. The molecule has 1 aliphatic heterocycles. The SMILES string of the molecule is C#CCNc1ncc(/C=C(\C)c2cc(OC)cc(OC)c2Cl)c(N(C=O)CCCN2CCN(C(=O)C=C)CC2)n1. The van der Waals surface area contributed by atoms with E-state index >= 15 is 0 Å². The minimum absolute atomic E-state index is 0.0469. The molecule has 10 nitrogen and oxygen atoms in total. The van der Waals surface area contributed by atoms with Gasteiger partial charge in [-0.3, -0.25) is 19.4 Å². The summed E-state index contributed by atoms with van der Waals surface area (Å²) in [6.07, 6.45) is 11.7. The molecule has 212 valence electrons. The van der Waals surface area contributed by atoms with E-state index in [1.54, 1.807) is 36.3 Å². The second-order valence-corrected chi connectivity index (χ2v) is 9.45. The fraction of sp³-hybridized carbons (Fsp3) is 0.379. The number of anilines is 2. The van der Waals surface area contributed by atoms with Gasteiger partial charge in [0.25, 0.3) is 0 Å². The van der Waals surface area contributed by atoms with E-state index in [1.807, 2.05) is 19.1 Å². The topological polar surface area (TPSA) is 100 Å². The van der Waals surface area contributed by atoms with Crippen LogP contribution in [0.4, 0.5) is 11.8 Å². The van der Waals surface area contributed by atoms with Crippen LogP contribution in [-0.2, 0) is 9.59 Å². The number of terminal acetylenes is 1. The number of carbonyl (C=O) groups excluding carboxylic acids is 2. The van der Waals surface area contributed by atoms with E-state index in [1.165, 1.54) is 6.08 Å². The molecular weight excluding hydrogens is 532 g/mol. The largest absolute Gasteiger partial charge is 0.497 e. The Bertz CT molecular complexity index is 1280. The van der Waals surface area contributed by atoms with Gasteiger partial charge in [-0.15, -0.1) is 6.42 Å². The normalized spacial score (nSPS) is 13.8. The van der Waals surface area contributed by atoms with E-state index in [9.17, 15) is 9.59 Å². The lowest BCUT2D eigenvalue weighted by molar-refractivity contribution is -0.127. The molecule has 1 aromatic carbocycles. The Morgan fingerprint density at radius 3 is 2.65 bits per heavy atom. The smallest absolute Gasteiger partial charge is 0.246 e. The molecule has 0 spiro atoms. The average molecular weight is 567 g/mol. The van der Waals surface area contributed by atoms with Crippen molar-refractivity contribution in [2.45, 2.75) is 13.3 Å². The molecular formula is C29H35ClN6O4. The highest BCUT2D eigenvalue weighted by molar-refractivity contribution is 6.34. The molecule has 0 bridgehead atoms. The van der Waals surface area contributed by atoms with Crippen molar-refractivity contribution in [3.05, 3.63) is 47.1 Å². The van der Waals surface area contributed by atoms with Crippen molar-refractivity contribution >= 4 is 47.3 Å². The number of allylic oxidation sites excluding steroid dienone is 1. The molecule has 0 atom stereocenters. The molecule has 2 aromatic rings. The van der Waals surface area contributed by atoms with Gasteiger partial charge in [0.2, 0.25) is 18.3 Å². The summed E-state index contributed by atoms with van der Waals surface area (Å²) in [7, 11) is 3.11. The number of methoxy groups -OCH3 is 2. The highest BCUT2D eigenvalue weighted by Crippen LogP contribution is 2.37. The number of ether oxygens (including phenoxy) is 2. The number of hydrogen-bond donors (Lipinski definition) is 1. The summed E-state index contributed by atoms with van der Waals surface area (Å²) in [5.74, 6) is 4.29. The summed E-state index contributed by atoms with van der Waals surface area (Å²) in [6.45, 7) is 9.77. The maximum Gasteiger partial charge on any atom is 0.246 e. The standard InChI is InChI=1S/C29H35ClN6O4/c1-6-9-31-29-32-19-22(16-21(3)24-17-23(39-4)18-25(40-5)27(24)30)28(33-29)36(20-37)11-8-10-34-12-14-35(15-13-34)26(38)7-2/h1,7,16-20H,2,8-15H2,3-5H3,(H,31,32,33)/b21-16+. The lowest BCUT2D eigenvalue weighted by Crippen LogP contribution is -2.48. The first-order valence-corrected chi connectivity index (χ1v) is 13.2. The number of carbonyl (C=O) groups is 2. The van der Waals surface area contributed by atoms with Gasteiger partial charge in [-0.1, -0.05) is 24.1 Å². The Kier molecular flexibility index (Phi) is 11.4. The summed E-state index contributed by atoms with van der Waals surface area (Å²) >= 11 is 6.61. The van der Waals surface area contributed by atoms with E-state index in [2.05, 4.69) is 32.7 Å². The van der Waals surface area contributed by atoms with Crippen molar-refractivity contribution in [2.75, 3.05) is 70.2 Å². The molecule has 40 heavy (non-hydrogen) atoms. The van der Waals surface area contributed by atoms with E-state index in [-0.39, 0.29) is 12.5 Å². The van der Waals surface area contributed by atoms with Gasteiger partial charge in [0.1, 0.15) is 17.3 Å². The lowest BCUT2D eigenvalue weighted by atomic mass is 10.0. The zero-order valence-electron chi connectivity index (χ0n) is 23.2. The third-order valence-electron chi connectivity index (χ3n) is 6.54. The number of halogens is 1. The van der Waals surface area contributed by atoms with Crippen molar-refractivity contribution in [1.29, 1.82) is 0 Å². The number of nitrogens with one attached hydrogen (secondary N) is 1. The molecule has 2 heterocycles. The van der Waals surface area contributed by atoms with Crippen LogP contribution in [0, 0.1) is 12.3 Å². The monoisotopic (exact) mass is 566 g/mol. The first-order valence-electron chi connectivity index (χ1n) is 12.8. The summed E-state index contributed by atoms with van der Waals surface area (Å²) in [5.41, 5.74) is 2.14. The highest BCUT2D eigenvalue weighted by atomic mass is 35.5. The molecule has 0 aliphatic carbocycles. The fourth-order valence-electron chi connectivity index (χ4n) is 4.36. The van der Waals surface area contributed by atoms with Crippen LogP contribution in [0.5, 0.6) is 11.5 Å². The van der Waals surface area contributed by atoms with Crippen LogP contribution in [0.2, 0.25) is 5.02 Å². The van der Waals surface area contributed by atoms with Gasteiger partial charge in [-0.05, 0) is 43.7 Å². The van der Waals surface area contributed by atoms with Crippen molar-refractivity contribution in [3.8, 4) is 23.8 Å². The second kappa shape index (κ2) is 14.9. The van der Waals surface area contributed by atoms with Crippen molar-refractivity contribution in [3.63, 3.8) is 0 Å². The highest BCUT2D eigenvalue weighted by Gasteiger charge is 2.20. The van der Waals surface area contributed by atoms with Crippen LogP contribution in [0.15, 0.2) is 31.0 Å². The molecule has 1 N–H and O–H groups in total. The van der Waals surface area contributed by atoms with Gasteiger partial charge < -0.3 is 19.7 Å². The van der Waals surface area contributed by atoms with Gasteiger partial charge >= 0.3 is 0 Å². The van der Waals surface area contributed by atoms with E-state index in [4.69, 9.17) is 27.5 Å². The molecule has 1 aliphatic rings. The van der Waals surface area contributed by atoms with Crippen molar-refractivity contribution < 1.29 is 19.1 Å². The zero-order valence-corrected chi connectivity index (χ0v) is 23.9. The number of hydrogen-bond acceptors (Lipinski definition) is 8. The predicted molar refractivity (Wildman–Crippen MR) is 159 cm³/mol. The Balaban J connectivity index is 1.83. The number of rotatable bonds is 13. The average Bonchev–Trinajstić information content (AvgIpc) is 2.98. The Labute approximate surface area is 240 Å². The molecule has 1 aromatic heterocycles. The Morgan fingerprint density at radius 1 is 1.27 bits per heavy atom. The predicted octanol–water partition coefficient (Wildman–Crippen LogP) is 3.44. The van der Waals surface area contributed by atoms with Crippen molar-refractivity contribution in [2.24, 2.45) is 0 Å². The second-order valence-electron chi connectivity index (χ2n) is 9.07. The molecule has 3 rings (SSSR count). The third-order valence-corrected chi connectivity index (χ3v) is 6.93. The maximum absolute atomic E-state index is 12.3. The Morgan fingerprint density at radius 2 is 2.02 bits per heavy atom. The first-order chi connectivity index (χ1) is 19.3. The van der Waals surface area contributed by atoms with E-state index in [0.717, 1.165) is 31.6 Å². The lowest BCUT2D eigenvalue weighted by Gasteiger charge is -2.34. The van der Waals surface area contributed by atoms with Gasteiger partial charge in [0.15, 0.2) is 0 Å². The minimum atomic E-state index is -0.0469. The number of nitrogens with zero attached hydrogens (tertiary/aromatic N) is 5. The fourth-order valence-corrected chi connectivity index (χ4v) is 4.70. The van der Waals surface area contributed by atoms with Crippen molar-refractivity contribution in [1.82, 2.24) is 19.8 Å². The summed E-state index contributed by atoms with van der Waals surface area (Å²) in [4.78, 5) is 38.7. The zero-order chi connectivity index (χ0) is 29.1. The quantitative estimate of drug-likeness (QED) is 0.224. The first kappa shape index (κ1) is 30.5. The summed E-state index contributed by atoms with van der Waals surface area (Å²) in [6, 6.07) is 3.53. The van der Waals surface area contributed by atoms with Crippen LogP contribution in [0.25, 0.3) is 11.6 Å². The summed E-state index contributed by atoms with van der Waals surface area (Å²) in [5, 5.41) is 3.41. The summed E-state index contributed by atoms with van der Waals surface area (Å²) < 4.78 is 10.8. The van der Waals surface area contributed by atoms with Gasteiger partial charge in [0.05, 0.1) is 25.8 Å². The van der Waals surface area contributed by atoms with E-state index < -0.39 is 0 Å². The van der Waals surface area contributed by atoms with Gasteiger partial charge in [0, 0.05) is 56.1 Å². The number of piperazine rings is 1. The van der Waals surface area contributed by atoms with Crippen LogP contribution >= 0.6 is 11.6 Å². The molecule has 11 heteroatoms. The minimum Gasteiger partial charge on any atom is -0.497 e. The van der Waals surface area contributed by atoms with Crippen LogP contribution in [-0.4, -0.2) is 92.1 Å². The molecule has 0 unspecified atom stereocenters. The number of aromatic nitrogens is 2. The molecule has 1 saturated heterocycles. The van der Waals surface area contributed by atoms with Crippen LogP contribution in [0.1, 0.15) is 24.5 Å². The Hall–Kier alpha value is -4.07. The molecule has 0 radical (unpaired) electrons. The number of benzene rings is 1. The maximum atomic E-state index is 12.3. The third kappa shape index (κ3) is 7.74. The van der Waals surface area contributed by atoms with E-state index in [0.29, 0.717) is 65.5 Å². The van der Waals surface area contributed by atoms with Gasteiger partial charge in [-0.25, -0.2) is 4.98 Å². The molecule has 0 saturated carbocycles. The number of amides is 2. The van der Waals surface area contributed by atoms with Crippen LogP contribution in [0.3, 0.4) is 0 Å². The molecule has 1 fully saturated rings. The van der Waals surface area contributed by atoms with Gasteiger partial charge in [-0.2, -0.15) is 4.98 Å².